The summed E-state index contributed by atoms with van der Waals surface area (Å²) in [6.45, 7) is 1.08. The van der Waals surface area contributed by atoms with Crippen LogP contribution in [0.3, 0.4) is 0 Å². The van der Waals surface area contributed by atoms with Gasteiger partial charge >= 0.3 is 5.69 Å². The number of nitro benzene ring substituents is 1. The normalized spacial score (nSPS) is 10.2. The van der Waals surface area contributed by atoms with Gasteiger partial charge in [-0.1, -0.05) is 0 Å². The average molecular weight is 255 g/mol. The first-order valence-electron chi connectivity index (χ1n) is 5.31. The predicted octanol–water partition coefficient (Wildman–Crippen LogP) is 1.03. The molecule has 0 radical (unpaired) electrons. The quantitative estimate of drug-likeness (QED) is 0.629. The second-order valence-corrected chi connectivity index (χ2v) is 3.75. The maximum atomic E-state index is 13.4. The summed E-state index contributed by atoms with van der Waals surface area (Å²) in [5, 5.41) is 13.3. The molecule has 98 valence electrons. The van der Waals surface area contributed by atoms with E-state index in [4.69, 9.17) is 0 Å². The third-order valence-electron chi connectivity index (χ3n) is 2.44. The van der Waals surface area contributed by atoms with E-state index >= 15 is 0 Å². The van der Waals surface area contributed by atoms with Crippen LogP contribution in [0.15, 0.2) is 18.2 Å². The maximum Gasteiger partial charge on any atom is 0.304 e. The van der Waals surface area contributed by atoms with Gasteiger partial charge in [0.1, 0.15) is 0 Å². The first-order chi connectivity index (χ1) is 8.47. The molecule has 0 heterocycles. The third-order valence-corrected chi connectivity index (χ3v) is 2.44. The summed E-state index contributed by atoms with van der Waals surface area (Å²) in [6.07, 6.45) is 0. The number of rotatable bonds is 5. The molecule has 0 saturated carbocycles. The molecular formula is C11H14FN3O3. The van der Waals surface area contributed by atoms with Crippen molar-refractivity contribution >= 4 is 11.6 Å². The van der Waals surface area contributed by atoms with Crippen molar-refractivity contribution in [3.8, 4) is 0 Å². The van der Waals surface area contributed by atoms with E-state index < -0.39 is 16.4 Å². The molecule has 6 nitrogen and oxygen atoms in total. The minimum Gasteiger partial charge on any atom is -0.340 e. The van der Waals surface area contributed by atoms with E-state index in [1.165, 1.54) is 11.0 Å². The fourth-order valence-corrected chi connectivity index (χ4v) is 1.39. The van der Waals surface area contributed by atoms with Crippen LogP contribution in [-0.2, 0) is 0 Å². The lowest BCUT2D eigenvalue weighted by atomic mass is 10.1. The molecule has 0 aliphatic heterocycles. The maximum absolute atomic E-state index is 13.4. The molecule has 1 amide bonds. The smallest absolute Gasteiger partial charge is 0.304 e. The Bertz CT molecular complexity index is 465. The van der Waals surface area contributed by atoms with Crippen LogP contribution >= 0.6 is 0 Å². The standard InChI is InChI=1S/C11H14FN3O3/c1-13-5-6-14(2)11(16)8-3-4-10(15(17)18)9(12)7-8/h3-4,7,13H,5-6H2,1-2H3. The van der Waals surface area contributed by atoms with Gasteiger partial charge in [0.15, 0.2) is 0 Å². The van der Waals surface area contributed by atoms with Crippen molar-refractivity contribution in [1.29, 1.82) is 0 Å². The van der Waals surface area contributed by atoms with Crippen molar-refractivity contribution in [2.24, 2.45) is 0 Å². The number of amides is 1. The molecule has 1 aromatic rings. The molecule has 18 heavy (non-hydrogen) atoms. The first-order valence-corrected chi connectivity index (χ1v) is 5.31. The van der Waals surface area contributed by atoms with Gasteiger partial charge in [-0.15, -0.1) is 0 Å². The summed E-state index contributed by atoms with van der Waals surface area (Å²) in [5.74, 6) is -1.38. The van der Waals surface area contributed by atoms with Crippen LogP contribution in [0, 0.1) is 15.9 Å². The second kappa shape index (κ2) is 6.06. The molecule has 0 aliphatic carbocycles. The van der Waals surface area contributed by atoms with Gasteiger partial charge in [0.25, 0.3) is 5.91 Å². The van der Waals surface area contributed by atoms with Crippen molar-refractivity contribution in [2.75, 3.05) is 27.2 Å². The molecule has 0 saturated heterocycles. The van der Waals surface area contributed by atoms with Gasteiger partial charge in [0.05, 0.1) is 4.92 Å². The Hall–Kier alpha value is -2.02. The molecule has 0 unspecified atom stereocenters. The summed E-state index contributed by atoms with van der Waals surface area (Å²) >= 11 is 0. The van der Waals surface area contributed by atoms with E-state index in [9.17, 15) is 19.3 Å². The average Bonchev–Trinajstić information content (AvgIpc) is 2.34. The molecule has 0 bridgehead atoms. The number of nitro groups is 1. The van der Waals surface area contributed by atoms with Gasteiger partial charge in [0.2, 0.25) is 5.82 Å². The Labute approximate surface area is 104 Å². The number of hydrogen-bond donors (Lipinski definition) is 1. The highest BCUT2D eigenvalue weighted by Gasteiger charge is 2.18. The van der Waals surface area contributed by atoms with Crippen molar-refractivity contribution in [2.45, 2.75) is 0 Å². The van der Waals surface area contributed by atoms with Crippen LogP contribution in [0.2, 0.25) is 0 Å². The molecule has 0 atom stereocenters. The van der Waals surface area contributed by atoms with Crippen LogP contribution in [-0.4, -0.2) is 42.9 Å². The lowest BCUT2D eigenvalue weighted by Crippen LogP contribution is -2.32. The number of benzene rings is 1. The highest BCUT2D eigenvalue weighted by atomic mass is 19.1. The number of carbonyl (C=O) groups excluding carboxylic acids is 1. The van der Waals surface area contributed by atoms with Crippen LogP contribution in [0.5, 0.6) is 0 Å². The van der Waals surface area contributed by atoms with Crippen LogP contribution < -0.4 is 5.32 Å². The predicted molar refractivity (Wildman–Crippen MR) is 63.9 cm³/mol. The summed E-state index contributed by atoms with van der Waals surface area (Å²) in [6, 6.07) is 3.13. The van der Waals surface area contributed by atoms with Gasteiger partial charge in [-0.2, -0.15) is 4.39 Å². The molecule has 1 aromatic carbocycles. The lowest BCUT2D eigenvalue weighted by Gasteiger charge is -2.16. The highest BCUT2D eigenvalue weighted by molar-refractivity contribution is 5.94. The molecule has 1 N–H and O–H groups in total. The molecular weight excluding hydrogens is 241 g/mol. The summed E-state index contributed by atoms with van der Waals surface area (Å²) in [5.41, 5.74) is -0.541. The van der Waals surface area contributed by atoms with E-state index in [1.54, 1.807) is 14.1 Å². The lowest BCUT2D eigenvalue weighted by molar-refractivity contribution is -0.387. The van der Waals surface area contributed by atoms with E-state index in [2.05, 4.69) is 5.32 Å². The topological polar surface area (TPSA) is 75.5 Å². The van der Waals surface area contributed by atoms with Gasteiger partial charge in [-0.05, 0) is 19.2 Å². The molecule has 0 fully saturated rings. The van der Waals surface area contributed by atoms with Crippen LogP contribution in [0.25, 0.3) is 0 Å². The van der Waals surface area contributed by atoms with Crippen molar-refractivity contribution < 1.29 is 14.1 Å². The number of halogens is 1. The van der Waals surface area contributed by atoms with Gasteiger partial charge in [-0.3, -0.25) is 14.9 Å². The van der Waals surface area contributed by atoms with E-state index in [1.807, 2.05) is 0 Å². The SMILES string of the molecule is CNCCN(C)C(=O)c1ccc([N+](=O)[O-])c(F)c1. The minimum absolute atomic E-state index is 0.0942. The number of carbonyl (C=O) groups is 1. The minimum atomic E-state index is -1.01. The molecule has 1 rings (SSSR count). The Kier molecular flexibility index (Phi) is 4.73. The zero-order chi connectivity index (χ0) is 13.7. The zero-order valence-electron chi connectivity index (χ0n) is 10.1. The van der Waals surface area contributed by atoms with Gasteiger partial charge in [0, 0.05) is 31.8 Å². The summed E-state index contributed by atoms with van der Waals surface area (Å²) < 4.78 is 13.4. The molecule has 0 spiro atoms. The van der Waals surface area contributed by atoms with Crippen LogP contribution in [0.1, 0.15) is 10.4 Å². The summed E-state index contributed by atoms with van der Waals surface area (Å²) in [7, 11) is 3.34. The fraction of sp³-hybridized carbons (Fsp3) is 0.364. The Balaban J connectivity index is 2.87. The number of nitrogens with zero attached hydrogens (tertiary/aromatic N) is 2. The van der Waals surface area contributed by atoms with Crippen molar-refractivity contribution in [3.63, 3.8) is 0 Å². The number of hydrogen-bond acceptors (Lipinski definition) is 4. The third kappa shape index (κ3) is 3.24. The monoisotopic (exact) mass is 255 g/mol. The van der Waals surface area contributed by atoms with E-state index in [0.717, 1.165) is 12.1 Å². The van der Waals surface area contributed by atoms with Crippen molar-refractivity contribution in [3.05, 3.63) is 39.7 Å². The molecule has 0 aromatic heterocycles. The Morgan fingerprint density at radius 3 is 2.72 bits per heavy atom. The number of likely N-dealkylation sites (N-methyl/N-ethyl adjacent to an activating group) is 2. The van der Waals surface area contributed by atoms with Crippen LogP contribution in [0.4, 0.5) is 10.1 Å². The molecule has 7 heteroatoms. The Morgan fingerprint density at radius 1 is 1.56 bits per heavy atom. The molecule has 0 aliphatic rings. The van der Waals surface area contributed by atoms with E-state index in [0.29, 0.717) is 13.1 Å². The first kappa shape index (κ1) is 14.0. The zero-order valence-corrected chi connectivity index (χ0v) is 10.1. The van der Waals surface area contributed by atoms with Gasteiger partial charge in [-0.25, -0.2) is 0 Å². The summed E-state index contributed by atoms with van der Waals surface area (Å²) in [4.78, 5) is 22.9. The van der Waals surface area contributed by atoms with Crippen molar-refractivity contribution in [1.82, 2.24) is 10.2 Å². The Morgan fingerprint density at radius 2 is 2.22 bits per heavy atom. The second-order valence-electron chi connectivity index (χ2n) is 3.75. The van der Waals surface area contributed by atoms with Gasteiger partial charge < -0.3 is 10.2 Å². The highest BCUT2D eigenvalue weighted by Crippen LogP contribution is 2.18. The fourth-order valence-electron chi connectivity index (χ4n) is 1.39. The largest absolute Gasteiger partial charge is 0.340 e. The number of nitrogens with one attached hydrogen (secondary N) is 1. The van der Waals surface area contributed by atoms with E-state index in [-0.39, 0.29) is 11.5 Å².